The highest BCUT2D eigenvalue weighted by atomic mass is 35.7. The summed E-state index contributed by atoms with van der Waals surface area (Å²) in [5.74, 6) is 0.280. The lowest BCUT2D eigenvalue weighted by Crippen LogP contribution is -2.08. The number of halogens is 1. The molecule has 0 bridgehead atoms. The van der Waals surface area contributed by atoms with E-state index >= 15 is 0 Å². The van der Waals surface area contributed by atoms with Crippen LogP contribution in [0.1, 0.15) is 6.92 Å². The number of nitrogens with zero attached hydrogens (tertiary/aromatic N) is 3. The molecular weight excluding hydrogens is 280 g/mol. The summed E-state index contributed by atoms with van der Waals surface area (Å²) in [6.45, 7) is 2.04. The molecule has 96 valence electrons. The first-order chi connectivity index (χ1) is 8.43. The highest BCUT2D eigenvalue weighted by Gasteiger charge is 2.22. The van der Waals surface area contributed by atoms with Crippen molar-refractivity contribution in [2.45, 2.75) is 18.6 Å². The van der Waals surface area contributed by atoms with E-state index < -0.39 is 9.05 Å². The molecule has 18 heavy (non-hydrogen) atoms. The number of rotatable bonds is 3. The molecule has 9 heteroatoms. The van der Waals surface area contributed by atoms with Crippen molar-refractivity contribution >= 4 is 19.7 Å². The molecule has 0 saturated heterocycles. The van der Waals surface area contributed by atoms with E-state index in [-0.39, 0.29) is 16.5 Å². The lowest BCUT2D eigenvalue weighted by Gasteiger charge is -2.04. The maximum absolute atomic E-state index is 11.3. The van der Waals surface area contributed by atoms with Crippen LogP contribution in [0, 0.1) is 0 Å². The third-order valence-electron chi connectivity index (χ3n) is 2.28. The molecular formula is C9H9ClN4O3S. The van der Waals surface area contributed by atoms with E-state index in [0.29, 0.717) is 12.1 Å². The molecule has 0 amide bonds. The Morgan fingerprint density at radius 1 is 1.44 bits per heavy atom. The molecule has 0 aliphatic carbocycles. The van der Waals surface area contributed by atoms with Crippen molar-refractivity contribution in [1.82, 2.24) is 19.7 Å². The Labute approximate surface area is 107 Å². The summed E-state index contributed by atoms with van der Waals surface area (Å²) in [5, 5.41) is 6.97. The Morgan fingerprint density at radius 3 is 2.72 bits per heavy atom. The quantitative estimate of drug-likeness (QED) is 0.833. The number of hydrogen-bond acceptors (Lipinski definition) is 5. The van der Waals surface area contributed by atoms with Gasteiger partial charge in [0.15, 0.2) is 5.82 Å². The van der Waals surface area contributed by atoms with Gasteiger partial charge in [-0.3, -0.25) is 9.36 Å². The fourth-order valence-electron chi connectivity index (χ4n) is 1.55. The van der Waals surface area contributed by atoms with Crippen LogP contribution in [-0.4, -0.2) is 28.2 Å². The Morgan fingerprint density at radius 2 is 2.17 bits per heavy atom. The lowest BCUT2D eigenvalue weighted by atomic mass is 10.2. The number of aromatic amines is 1. The standard InChI is InChI=1S/C9H9ClN4O3S/c1-2-14-8(6-3-4-11-7(15)5-6)12-13-9(14)18(10,16)17/h3-5H,2H2,1H3,(H,11,15). The minimum atomic E-state index is -3.97. The Bertz CT molecular complexity index is 734. The molecule has 0 aliphatic heterocycles. The topological polar surface area (TPSA) is 97.7 Å². The number of nitrogens with one attached hydrogen (secondary N) is 1. The lowest BCUT2D eigenvalue weighted by molar-refractivity contribution is 0.583. The minimum Gasteiger partial charge on any atom is -0.329 e. The summed E-state index contributed by atoms with van der Waals surface area (Å²) < 4.78 is 23.9. The van der Waals surface area contributed by atoms with Crippen molar-refractivity contribution in [2.24, 2.45) is 0 Å². The van der Waals surface area contributed by atoms with Crippen LogP contribution < -0.4 is 5.56 Å². The first-order valence-electron chi connectivity index (χ1n) is 5.00. The molecule has 2 rings (SSSR count). The van der Waals surface area contributed by atoms with Crippen LogP contribution in [-0.2, 0) is 15.6 Å². The van der Waals surface area contributed by atoms with Gasteiger partial charge in [-0.2, -0.15) is 0 Å². The van der Waals surface area contributed by atoms with E-state index in [2.05, 4.69) is 15.2 Å². The summed E-state index contributed by atoms with van der Waals surface area (Å²) in [5.41, 5.74) is 0.160. The second-order valence-electron chi connectivity index (χ2n) is 3.43. The zero-order valence-corrected chi connectivity index (χ0v) is 10.9. The molecule has 1 N–H and O–H groups in total. The van der Waals surface area contributed by atoms with Gasteiger partial charge in [-0.05, 0) is 13.0 Å². The van der Waals surface area contributed by atoms with Crippen LogP contribution in [0.15, 0.2) is 28.3 Å². The number of hydrogen-bond donors (Lipinski definition) is 1. The third-order valence-corrected chi connectivity index (χ3v) is 3.44. The predicted octanol–water partition coefficient (Wildman–Crippen LogP) is 0.581. The van der Waals surface area contributed by atoms with Crippen molar-refractivity contribution in [1.29, 1.82) is 0 Å². The van der Waals surface area contributed by atoms with E-state index in [0.717, 1.165) is 0 Å². The van der Waals surface area contributed by atoms with E-state index in [1.165, 1.54) is 16.8 Å². The first kappa shape index (κ1) is 12.8. The summed E-state index contributed by atoms with van der Waals surface area (Å²) in [6.07, 6.45) is 1.45. The fraction of sp³-hybridized carbons (Fsp3) is 0.222. The molecule has 0 aromatic carbocycles. The molecule has 2 aromatic heterocycles. The van der Waals surface area contributed by atoms with Crippen LogP contribution in [0.3, 0.4) is 0 Å². The molecule has 0 spiro atoms. The average molecular weight is 289 g/mol. The number of H-pyrrole nitrogens is 1. The van der Waals surface area contributed by atoms with Gasteiger partial charge in [0.25, 0.3) is 14.2 Å². The van der Waals surface area contributed by atoms with Crippen LogP contribution in [0.5, 0.6) is 0 Å². The second kappa shape index (κ2) is 4.54. The second-order valence-corrected chi connectivity index (χ2v) is 5.89. The Kier molecular flexibility index (Phi) is 3.22. The molecule has 0 unspecified atom stereocenters. The molecule has 7 nitrogen and oxygen atoms in total. The molecule has 0 fully saturated rings. The van der Waals surface area contributed by atoms with Gasteiger partial charge < -0.3 is 4.98 Å². The van der Waals surface area contributed by atoms with E-state index in [4.69, 9.17) is 10.7 Å². The van der Waals surface area contributed by atoms with Gasteiger partial charge in [0.1, 0.15) is 0 Å². The van der Waals surface area contributed by atoms with E-state index in [1.54, 1.807) is 13.0 Å². The molecule has 2 aromatic rings. The van der Waals surface area contributed by atoms with Gasteiger partial charge in [-0.15, -0.1) is 10.2 Å². The molecule has 0 atom stereocenters. The van der Waals surface area contributed by atoms with Crippen molar-refractivity contribution in [2.75, 3.05) is 0 Å². The van der Waals surface area contributed by atoms with Crippen molar-refractivity contribution in [3.05, 3.63) is 28.7 Å². The largest absolute Gasteiger partial charge is 0.329 e. The van der Waals surface area contributed by atoms with Crippen LogP contribution in [0.4, 0.5) is 0 Å². The van der Waals surface area contributed by atoms with Gasteiger partial charge in [-0.25, -0.2) is 8.42 Å². The molecule has 2 heterocycles. The average Bonchev–Trinajstić information content (AvgIpc) is 2.72. The fourth-order valence-corrected chi connectivity index (χ4v) is 2.51. The van der Waals surface area contributed by atoms with Crippen LogP contribution in [0.2, 0.25) is 0 Å². The van der Waals surface area contributed by atoms with Crippen molar-refractivity contribution in [3.63, 3.8) is 0 Å². The zero-order chi connectivity index (χ0) is 13.3. The number of aromatic nitrogens is 4. The summed E-state index contributed by atoms with van der Waals surface area (Å²) >= 11 is 0. The normalized spacial score (nSPS) is 11.7. The van der Waals surface area contributed by atoms with Gasteiger partial charge >= 0.3 is 0 Å². The maximum atomic E-state index is 11.3. The summed E-state index contributed by atoms with van der Waals surface area (Å²) in [7, 11) is 1.29. The van der Waals surface area contributed by atoms with Crippen molar-refractivity contribution < 1.29 is 8.42 Å². The number of pyridine rings is 1. The minimum absolute atomic E-state index is 0.280. The molecule has 0 radical (unpaired) electrons. The predicted molar refractivity (Wildman–Crippen MR) is 64.8 cm³/mol. The van der Waals surface area contributed by atoms with Crippen LogP contribution in [0.25, 0.3) is 11.4 Å². The monoisotopic (exact) mass is 288 g/mol. The Hall–Kier alpha value is -1.67. The highest BCUT2D eigenvalue weighted by molar-refractivity contribution is 8.13. The molecule has 0 aliphatic rings. The van der Waals surface area contributed by atoms with Gasteiger partial charge in [0.2, 0.25) is 5.56 Å². The summed E-state index contributed by atoms with van der Waals surface area (Å²) in [6, 6.07) is 2.91. The maximum Gasteiger partial charge on any atom is 0.296 e. The van der Waals surface area contributed by atoms with Crippen molar-refractivity contribution in [3.8, 4) is 11.4 Å². The van der Waals surface area contributed by atoms with E-state index in [1.807, 2.05) is 0 Å². The summed E-state index contributed by atoms with van der Waals surface area (Å²) in [4.78, 5) is 13.7. The van der Waals surface area contributed by atoms with Gasteiger partial charge in [0.05, 0.1) is 0 Å². The Balaban J connectivity index is 2.67. The van der Waals surface area contributed by atoms with Gasteiger partial charge in [0, 0.05) is 35.1 Å². The molecule has 0 saturated carbocycles. The van der Waals surface area contributed by atoms with Gasteiger partial charge in [-0.1, -0.05) is 0 Å². The zero-order valence-electron chi connectivity index (χ0n) is 9.29. The highest BCUT2D eigenvalue weighted by Crippen LogP contribution is 2.20. The van der Waals surface area contributed by atoms with Crippen LogP contribution >= 0.6 is 10.7 Å². The smallest absolute Gasteiger partial charge is 0.296 e. The first-order valence-corrected chi connectivity index (χ1v) is 7.31. The van der Waals surface area contributed by atoms with E-state index in [9.17, 15) is 13.2 Å². The SMILES string of the molecule is CCn1c(-c2cc[nH]c(=O)c2)nnc1S(=O)(=O)Cl. The third kappa shape index (κ3) is 2.29.